The van der Waals surface area contributed by atoms with Crippen LogP contribution in [0, 0.1) is 6.92 Å². The summed E-state index contributed by atoms with van der Waals surface area (Å²) in [6.45, 7) is 2.39. The monoisotopic (exact) mass is 355 g/mol. The molecular formula is C18H17N3O3S. The van der Waals surface area contributed by atoms with Gasteiger partial charge >= 0.3 is 0 Å². The number of aromatic nitrogens is 1. The number of carbonyl (C=O) groups is 2. The van der Waals surface area contributed by atoms with E-state index in [4.69, 9.17) is 4.42 Å². The summed E-state index contributed by atoms with van der Waals surface area (Å²) in [4.78, 5) is 31.9. The third-order valence-electron chi connectivity index (χ3n) is 4.31. The Kier molecular flexibility index (Phi) is 4.01. The largest absolute Gasteiger partial charge is 0.441 e. The summed E-state index contributed by atoms with van der Waals surface area (Å²) in [5.74, 6) is 0.346. The van der Waals surface area contributed by atoms with Crippen molar-refractivity contribution in [1.82, 2.24) is 9.88 Å². The maximum atomic E-state index is 12.7. The third kappa shape index (κ3) is 3.02. The molecule has 1 aliphatic heterocycles. The summed E-state index contributed by atoms with van der Waals surface area (Å²) < 4.78 is 5.44. The molecule has 2 aromatic heterocycles. The number of oxazole rings is 1. The predicted molar refractivity (Wildman–Crippen MR) is 95.8 cm³/mol. The van der Waals surface area contributed by atoms with Gasteiger partial charge in [0.25, 0.3) is 5.91 Å². The standard InChI is InChI=1S/C18H17N3O3S/c1-11-19-13-10-12(6-7-15(13)24-11)20-17(22)14-4-2-8-21(14)18(23)16-5-3-9-25-16/h3,5-7,9-10,14H,2,4,8H2,1H3,(H,20,22)/t14-/m0/s1. The number of amides is 2. The van der Waals surface area contributed by atoms with E-state index in [0.29, 0.717) is 40.5 Å². The average molecular weight is 355 g/mol. The zero-order valence-corrected chi connectivity index (χ0v) is 14.5. The molecule has 4 rings (SSSR count). The molecule has 0 unspecified atom stereocenters. The van der Waals surface area contributed by atoms with Crippen LogP contribution in [0.15, 0.2) is 40.1 Å². The van der Waals surface area contributed by atoms with E-state index in [1.165, 1.54) is 11.3 Å². The SMILES string of the molecule is Cc1nc2cc(NC(=O)[C@@H]3CCCN3C(=O)c3cccs3)ccc2o1. The molecular weight excluding hydrogens is 338 g/mol. The molecule has 1 fully saturated rings. The van der Waals surface area contributed by atoms with Crippen molar-refractivity contribution >= 4 is 39.9 Å². The number of hydrogen-bond donors (Lipinski definition) is 1. The summed E-state index contributed by atoms with van der Waals surface area (Å²) >= 11 is 1.40. The van der Waals surface area contributed by atoms with Crippen molar-refractivity contribution in [3.05, 3.63) is 46.5 Å². The molecule has 0 spiro atoms. The normalized spacial score (nSPS) is 17.2. The first-order chi connectivity index (χ1) is 12.1. The summed E-state index contributed by atoms with van der Waals surface area (Å²) in [6.07, 6.45) is 1.50. The fourth-order valence-corrected chi connectivity index (χ4v) is 3.85. The number of benzene rings is 1. The van der Waals surface area contributed by atoms with Crippen LogP contribution in [0.4, 0.5) is 5.69 Å². The minimum atomic E-state index is -0.440. The quantitative estimate of drug-likeness (QED) is 0.781. The van der Waals surface area contributed by atoms with Gasteiger partial charge < -0.3 is 14.6 Å². The Balaban J connectivity index is 1.51. The molecule has 1 aliphatic rings. The molecule has 25 heavy (non-hydrogen) atoms. The molecule has 0 aliphatic carbocycles. The van der Waals surface area contributed by atoms with Gasteiger partial charge in [0.15, 0.2) is 11.5 Å². The molecule has 0 radical (unpaired) electrons. The lowest BCUT2D eigenvalue weighted by Gasteiger charge is -2.23. The van der Waals surface area contributed by atoms with Crippen molar-refractivity contribution < 1.29 is 14.0 Å². The third-order valence-corrected chi connectivity index (χ3v) is 5.17. The van der Waals surface area contributed by atoms with Crippen molar-refractivity contribution in [3.63, 3.8) is 0 Å². The smallest absolute Gasteiger partial charge is 0.264 e. The summed E-state index contributed by atoms with van der Waals surface area (Å²) in [5, 5.41) is 4.77. The van der Waals surface area contributed by atoms with Crippen molar-refractivity contribution in [3.8, 4) is 0 Å². The number of anilines is 1. The molecule has 0 bridgehead atoms. The van der Waals surface area contributed by atoms with Gasteiger partial charge in [-0.1, -0.05) is 6.07 Å². The highest BCUT2D eigenvalue weighted by Crippen LogP contribution is 2.24. The van der Waals surface area contributed by atoms with Gasteiger partial charge in [0.05, 0.1) is 4.88 Å². The summed E-state index contributed by atoms with van der Waals surface area (Å²) in [6, 6.07) is 8.55. The lowest BCUT2D eigenvalue weighted by atomic mass is 10.2. The predicted octanol–water partition coefficient (Wildman–Crippen LogP) is 3.44. The Hall–Kier alpha value is -2.67. The second-order valence-corrected chi connectivity index (χ2v) is 6.99. The highest BCUT2D eigenvalue weighted by Gasteiger charge is 2.34. The number of carbonyl (C=O) groups excluding carboxylic acids is 2. The van der Waals surface area contributed by atoms with E-state index in [2.05, 4.69) is 10.3 Å². The molecule has 128 valence electrons. The van der Waals surface area contributed by atoms with Crippen LogP contribution in [0.25, 0.3) is 11.1 Å². The maximum absolute atomic E-state index is 12.7. The first-order valence-corrected chi connectivity index (χ1v) is 9.02. The second kappa shape index (κ2) is 6.33. The highest BCUT2D eigenvalue weighted by atomic mass is 32.1. The van der Waals surface area contributed by atoms with Crippen LogP contribution < -0.4 is 5.32 Å². The Morgan fingerprint density at radius 3 is 3.04 bits per heavy atom. The second-order valence-electron chi connectivity index (χ2n) is 6.04. The molecule has 2 amide bonds. The molecule has 3 heterocycles. The zero-order valence-electron chi connectivity index (χ0n) is 13.7. The lowest BCUT2D eigenvalue weighted by molar-refractivity contribution is -0.119. The number of nitrogens with one attached hydrogen (secondary N) is 1. The molecule has 1 atom stereocenters. The summed E-state index contributed by atoms with van der Waals surface area (Å²) in [5.41, 5.74) is 2.04. The van der Waals surface area contributed by atoms with Crippen LogP contribution in [-0.2, 0) is 4.79 Å². The topological polar surface area (TPSA) is 75.4 Å². The van der Waals surface area contributed by atoms with E-state index in [-0.39, 0.29) is 11.8 Å². The lowest BCUT2D eigenvalue weighted by Crippen LogP contribution is -2.42. The Morgan fingerprint density at radius 1 is 1.36 bits per heavy atom. The Labute approximate surface area is 148 Å². The maximum Gasteiger partial charge on any atom is 0.264 e. The van der Waals surface area contributed by atoms with Crippen molar-refractivity contribution in [2.75, 3.05) is 11.9 Å². The van der Waals surface area contributed by atoms with Crippen LogP contribution in [-0.4, -0.2) is 34.3 Å². The van der Waals surface area contributed by atoms with Gasteiger partial charge in [-0.2, -0.15) is 0 Å². The zero-order chi connectivity index (χ0) is 17.4. The van der Waals surface area contributed by atoms with Gasteiger partial charge in [-0.05, 0) is 42.5 Å². The van der Waals surface area contributed by atoms with Crippen molar-refractivity contribution in [2.45, 2.75) is 25.8 Å². The van der Waals surface area contributed by atoms with Crippen molar-refractivity contribution in [2.24, 2.45) is 0 Å². The number of hydrogen-bond acceptors (Lipinski definition) is 5. The van der Waals surface area contributed by atoms with Gasteiger partial charge in [-0.25, -0.2) is 4.98 Å². The van der Waals surface area contributed by atoms with Gasteiger partial charge in [0.1, 0.15) is 11.6 Å². The summed E-state index contributed by atoms with van der Waals surface area (Å²) in [7, 11) is 0. The van der Waals surface area contributed by atoms with Crippen LogP contribution in [0.3, 0.4) is 0 Å². The molecule has 0 saturated carbocycles. The van der Waals surface area contributed by atoms with E-state index >= 15 is 0 Å². The van der Waals surface area contributed by atoms with E-state index in [1.807, 2.05) is 11.4 Å². The molecule has 1 aromatic carbocycles. The van der Waals surface area contributed by atoms with Gasteiger partial charge in [0, 0.05) is 19.2 Å². The fourth-order valence-electron chi connectivity index (χ4n) is 3.17. The van der Waals surface area contributed by atoms with Crippen LogP contribution in [0.1, 0.15) is 28.4 Å². The number of nitrogens with zero attached hydrogens (tertiary/aromatic N) is 2. The van der Waals surface area contributed by atoms with E-state index in [9.17, 15) is 9.59 Å². The number of likely N-dealkylation sites (tertiary alicyclic amines) is 1. The molecule has 3 aromatic rings. The first-order valence-electron chi connectivity index (χ1n) is 8.14. The molecule has 1 saturated heterocycles. The van der Waals surface area contributed by atoms with E-state index in [1.54, 1.807) is 36.1 Å². The van der Waals surface area contributed by atoms with Crippen LogP contribution >= 0.6 is 11.3 Å². The van der Waals surface area contributed by atoms with Gasteiger partial charge in [0.2, 0.25) is 5.91 Å². The van der Waals surface area contributed by atoms with E-state index in [0.717, 1.165) is 6.42 Å². The Bertz CT molecular complexity index is 932. The van der Waals surface area contributed by atoms with Crippen molar-refractivity contribution in [1.29, 1.82) is 0 Å². The first kappa shape index (κ1) is 15.8. The van der Waals surface area contributed by atoms with Crippen LogP contribution in [0.5, 0.6) is 0 Å². The number of fused-ring (bicyclic) bond motifs is 1. The molecule has 7 heteroatoms. The Morgan fingerprint density at radius 2 is 2.24 bits per heavy atom. The number of rotatable bonds is 3. The average Bonchev–Trinajstić information content (AvgIpc) is 3.33. The fraction of sp³-hybridized carbons (Fsp3) is 0.278. The molecule has 1 N–H and O–H groups in total. The minimum Gasteiger partial charge on any atom is -0.441 e. The highest BCUT2D eigenvalue weighted by molar-refractivity contribution is 7.12. The minimum absolute atomic E-state index is 0.0739. The van der Waals surface area contributed by atoms with E-state index < -0.39 is 6.04 Å². The van der Waals surface area contributed by atoms with Gasteiger partial charge in [-0.15, -0.1) is 11.3 Å². The van der Waals surface area contributed by atoms with Gasteiger partial charge in [-0.3, -0.25) is 9.59 Å². The number of thiophene rings is 1. The number of aryl methyl sites for hydroxylation is 1. The molecule has 6 nitrogen and oxygen atoms in total. The van der Waals surface area contributed by atoms with Crippen LogP contribution in [0.2, 0.25) is 0 Å².